The highest BCUT2D eigenvalue weighted by atomic mass is 16.5. The SMILES string of the molecule is COc1ccc(C#CCN2CCc3ncn(Cc4ccc(-c5ccco5)cc4)c(=O)c3C2)cc1. The summed E-state index contributed by atoms with van der Waals surface area (Å²) in [4.78, 5) is 20.0. The number of ether oxygens (including phenoxy) is 1. The fourth-order valence-corrected chi connectivity index (χ4v) is 4.10. The molecule has 2 aromatic carbocycles. The standard InChI is InChI=1S/C28H25N3O3/c1-33-24-12-8-21(9-13-24)4-2-15-30-16-14-26-25(19-30)28(32)31(20-29-26)18-22-6-10-23(11-7-22)27-5-3-17-34-27/h3,5-13,17,20H,14-16,18-19H2,1H3. The van der Waals surface area contributed by atoms with Gasteiger partial charge in [0.15, 0.2) is 0 Å². The normalized spacial score (nSPS) is 13.1. The minimum Gasteiger partial charge on any atom is -0.497 e. The van der Waals surface area contributed by atoms with E-state index in [0.29, 0.717) is 19.6 Å². The molecule has 0 fully saturated rings. The summed E-state index contributed by atoms with van der Waals surface area (Å²) in [5, 5.41) is 0. The van der Waals surface area contributed by atoms with Crippen molar-refractivity contribution in [3.8, 4) is 28.9 Å². The summed E-state index contributed by atoms with van der Waals surface area (Å²) >= 11 is 0. The van der Waals surface area contributed by atoms with E-state index >= 15 is 0 Å². The maximum Gasteiger partial charge on any atom is 0.258 e. The van der Waals surface area contributed by atoms with Crippen LogP contribution in [-0.4, -0.2) is 34.7 Å². The molecule has 4 aromatic rings. The first-order valence-electron chi connectivity index (χ1n) is 11.2. The van der Waals surface area contributed by atoms with E-state index in [1.54, 1.807) is 24.3 Å². The highest BCUT2D eigenvalue weighted by Gasteiger charge is 2.20. The van der Waals surface area contributed by atoms with Crippen LogP contribution in [0.2, 0.25) is 0 Å². The summed E-state index contributed by atoms with van der Waals surface area (Å²) in [7, 11) is 1.65. The van der Waals surface area contributed by atoms with E-state index in [1.807, 2.05) is 60.7 Å². The molecular weight excluding hydrogens is 426 g/mol. The Morgan fingerprint density at radius 1 is 1.09 bits per heavy atom. The maximum absolute atomic E-state index is 13.2. The van der Waals surface area contributed by atoms with Crippen LogP contribution in [0.4, 0.5) is 0 Å². The number of nitrogens with zero attached hydrogens (tertiary/aromatic N) is 3. The molecule has 0 aliphatic carbocycles. The number of rotatable bonds is 5. The van der Waals surface area contributed by atoms with Crippen LogP contribution in [0.3, 0.4) is 0 Å². The van der Waals surface area contributed by atoms with Gasteiger partial charge in [-0.1, -0.05) is 36.1 Å². The minimum atomic E-state index is 0.0212. The lowest BCUT2D eigenvalue weighted by Crippen LogP contribution is -2.38. The van der Waals surface area contributed by atoms with Crippen molar-refractivity contribution < 1.29 is 9.15 Å². The summed E-state index contributed by atoms with van der Waals surface area (Å²) < 4.78 is 12.3. The molecular formula is C28H25N3O3. The zero-order valence-corrected chi connectivity index (χ0v) is 19.0. The van der Waals surface area contributed by atoms with Crippen molar-refractivity contribution in [2.75, 3.05) is 20.2 Å². The predicted octanol–water partition coefficient (Wildman–Crippen LogP) is 3.97. The third-order valence-electron chi connectivity index (χ3n) is 6.00. The van der Waals surface area contributed by atoms with E-state index in [-0.39, 0.29) is 5.56 Å². The van der Waals surface area contributed by atoms with Crippen LogP contribution in [0.1, 0.15) is 22.4 Å². The van der Waals surface area contributed by atoms with E-state index in [4.69, 9.17) is 9.15 Å². The van der Waals surface area contributed by atoms with Gasteiger partial charge in [0.05, 0.1) is 44.0 Å². The quantitative estimate of drug-likeness (QED) is 0.430. The number of hydrogen-bond acceptors (Lipinski definition) is 5. The molecule has 1 aliphatic rings. The Labute approximate surface area is 198 Å². The molecule has 2 aromatic heterocycles. The zero-order chi connectivity index (χ0) is 23.3. The smallest absolute Gasteiger partial charge is 0.258 e. The molecule has 0 amide bonds. The molecule has 6 nitrogen and oxygen atoms in total. The first-order chi connectivity index (χ1) is 16.7. The van der Waals surface area contributed by atoms with Crippen LogP contribution < -0.4 is 10.3 Å². The number of furan rings is 1. The summed E-state index contributed by atoms with van der Waals surface area (Å²) in [5.74, 6) is 8.06. The zero-order valence-electron chi connectivity index (χ0n) is 19.0. The van der Waals surface area contributed by atoms with Crippen molar-refractivity contribution in [2.45, 2.75) is 19.5 Å². The lowest BCUT2D eigenvalue weighted by molar-refractivity contribution is 0.280. The van der Waals surface area contributed by atoms with E-state index in [2.05, 4.69) is 21.7 Å². The molecule has 1 aliphatic heterocycles. The van der Waals surface area contributed by atoms with Crippen LogP contribution >= 0.6 is 0 Å². The molecule has 0 radical (unpaired) electrons. The van der Waals surface area contributed by atoms with Gasteiger partial charge in [-0.05, 0) is 42.0 Å². The first kappa shape index (κ1) is 21.7. The van der Waals surface area contributed by atoms with Crippen LogP contribution in [0.15, 0.2) is 82.5 Å². The first-order valence-corrected chi connectivity index (χ1v) is 11.2. The summed E-state index contributed by atoms with van der Waals surface area (Å²) in [5.41, 5.74) is 4.68. The Morgan fingerprint density at radius 2 is 1.91 bits per heavy atom. The fourth-order valence-electron chi connectivity index (χ4n) is 4.10. The van der Waals surface area contributed by atoms with Gasteiger partial charge in [-0.3, -0.25) is 14.3 Å². The largest absolute Gasteiger partial charge is 0.497 e. The Bertz CT molecular complexity index is 1380. The van der Waals surface area contributed by atoms with E-state index in [9.17, 15) is 4.79 Å². The van der Waals surface area contributed by atoms with Crippen LogP contribution in [-0.2, 0) is 19.5 Å². The Hall–Kier alpha value is -4.08. The Morgan fingerprint density at radius 3 is 2.65 bits per heavy atom. The maximum atomic E-state index is 13.2. The predicted molar refractivity (Wildman–Crippen MR) is 131 cm³/mol. The van der Waals surface area contributed by atoms with Crippen molar-refractivity contribution in [1.82, 2.24) is 14.5 Å². The van der Waals surface area contributed by atoms with Crippen molar-refractivity contribution in [2.24, 2.45) is 0 Å². The van der Waals surface area contributed by atoms with Crippen LogP contribution in [0.25, 0.3) is 11.3 Å². The van der Waals surface area contributed by atoms with Gasteiger partial charge >= 0.3 is 0 Å². The molecule has 0 spiro atoms. The highest BCUT2D eigenvalue weighted by molar-refractivity contribution is 5.57. The van der Waals surface area contributed by atoms with Gasteiger partial charge in [0.2, 0.25) is 0 Å². The topological polar surface area (TPSA) is 60.5 Å². The van der Waals surface area contributed by atoms with Crippen molar-refractivity contribution in [3.63, 3.8) is 0 Å². The molecule has 3 heterocycles. The van der Waals surface area contributed by atoms with E-state index in [1.165, 1.54) is 0 Å². The molecule has 0 bridgehead atoms. The minimum absolute atomic E-state index is 0.0212. The van der Waals surface area contributed by atoms with Crippen molar-refractivity contribution in [3.05, 3.63) is 106 Å². The van der Waals surface area contributed by atoms with Crippen LogP contribution in [0, 0.1) is 11.8 Å². The average molecular weight is 452 g/mol. The highest BCUT2D eigenvalue weighted by Crippen LogP contribution is 2.20. The van der Waals surface area contributed by atoms with Gasteiger partial charge in [0, 0.05) is 30.6 Å². The number of aromatic nitrogens is 2. The fraction of sp³-hybridized carbons (Fsp3) is 0.214. The number of benzene rings is 2. The summed E-state index contributed by atoms with van der Waals surface area (Å²) in [6.07, 6.45) is 4.09. The molecule has 6 heteroatoms. The molecule has 0 saturated heterocycles. The van der Waals surface area contributed by atoms with Crippen molar-refractivity contribution in [1.29, 1.82) is 0 Å². The molecule has 5 rings (SSSR count). The molecule has 0 N–H and O–H groups in total. The third kappa shape index (κ3) is 4.80. The number of fused-ring (bicyclic) bond motifs is 1. The average Bonchev–Trinajstić information content (AvgIpc) is 3.42. The van der Waals surface area contributed by atoms with E-state index < -0.39 is 0 Å². The van der Waals surface area contributed by atoms with Crippen molar-refractivity contribution >= 4 is 0 Å². The molecule has 0 saturated carbocycles. The van der Waals surface area contributed by atoms with Crippen LogP contribution in [0.5, 0.6) is 5.75 Å². The number of methoxy groups -OCH3 is 1. The van der Waals surface area contributed by atoms with Gasteiger partial charge < -0.3 is 9.15 Å². The Balaban J connectivity index is 1.27. The van der Waals surface area contributed by atoms with Gasteiger partial charge in [-0.15, -0.1) is 0 Å². The van der Waals surface area contributed by atoms with Gasteiger partial charge in [0.1, 0.15) is 11.5 Å². The van der Waals surface area contributed by atoms with Gasteiger partial charge in [-0.25, -0.2) is 4.98 Å². The third-order valence-corrected chi connectivity index (χ3v) is 6.00. The Kier molecular flexibility index (Phi) is 6.28. The monoisotopic (exact) mass is 451 g/mol. The molecule has 0 unspecified atom stereocenters. The summed E-state index contributed by atoms with van der Waals surface area (Å²) in [6, 6.07) is 19.6. The molecule has 0 atom stereocenters. The second kappa shape index (κ2) is 9.82. The lowest BCUT2D eigenvalue weighted by atomic mass is 10.1. The van der Waals surface area contributed by atoms with Gasteiger partial charge in [-0.2, -0.15) is 0 Å². The second-order valence-electron chi connectivity index (χ2n) is 8.27. The van der Waals surface area contributed by atoms with E-state index in [0.717, 1.165) is 52.4 Å². The molecule has 170 valence electrons. The molecule has 34 heavy (non-hydrogen) atoms. The second-order valence-corrected chi connectivity index (χ2v) is 8.27. The summed E-state index contributed by atoms with van der Waals surface area (Å²) in [6.45, 7) is 2.49. The van der Waals surface area contributed by atoms with Gasteiger partial charge in [0.25, 0.3) is 5.56 Å². The lowest BCUT2D eigenvalue weighted by Gasteiger charge is -2.26. The number of hydrogen-bond donors (Lipinski definition) is 0.